The van der Waals surface area contributed by atoms with Gasteiger partial charge in [-0.2, -0.15) is 0 Å². The Balaban J connectivity index is 2.00. The molecule has 18 heavy (non-hydrogen) atoms. The minimum Gasteiger partial charge on any atom is -0.389 e. The summed E-state index contributed by atoms with van der Waals surface area (Å²) in [6.07, 6.45) is -0.389. The molecule has 0 spiro atoms. The molecule has 0 aromatic heterocycles. The van der Waals surface area contributed by atoms with Gasteiger partial charge in [0.1, 0.15) is 0 Å². The minimum absolute atomic E-state index is 0.389. The third-order valence-corrected chi connectivity index (χ3v) is 4.08. The van der Waals surface area contributed by atoms with Crippen molar-refractivity contribution in [1.82, 2.24) is 0 Å². The van der Waals surface area contributed by atoms with Crippen molar-refractivity contribution in [2.75, 3.05) is 0 Å². The summed E-state index contributed by atoms with van der Waals surface area (Å²) in [7, 11) is 0. The first-order valence-corrected chi connectivity index (χ1v) is 7.10. The number of aliphatic hydroxyl groups is 1. The number of hydrogen-bond acceptors (Lipinski definition) is 2. The lowest BCUT2D eigenvalue weighted by atomic mass is 10.1. The van der Waals surface area contributed by atoms with E-state index >= 15 is 0 Å². The molecule has 2 aromatic rings. The smallest absolute Gasteiger partial charge is 0.0761 e. The van der Waals surface area contributed by atoms with Crippen LogP contribution in [0.25, 0.3) is 0 Å². The van der Waals surface area contributed by atoms with Gasteiger partial charge in [0.15, 0.2) is 0 Å². The topological polar surface area (TPSA) is 20.2 Å². The average molecular weight is 258 g/mol. The van der Waals surface area contributed by atoms with Gasteiger partial charge in [0.2, 0.25) is 0 Å². The molecule has 0 saturated carbocycles. The summed E-state index contributed by atoms with van der Waals surface area (Å²) in [5.74, 6) is 0.987. The van der Waals surface area contributed by atoms with Gasteiger partial charge in [0, 0.05) is 10.6 Å². The quantitative estimate of drug-likeness (QED) is 0.823. The lowest BCUT2D eigenvalue weighted by Crippen LogP contribution is -1.90. The Morgan fingerprint density at radius 2 is 1.72 bits per heavy atom. The number of hydrogen-bond donors (Lipinski definition) is 1. The molecule has 0 bridgehead atoms. The predicted octanol–water partition coefficient (Wildman–Crippen LogP) is 4.34. The molecule has 1 nitrogen and oxygen atoms in total. The molecule has 2 rings (SSSR count). The molecular weight excluding hydrogens is 240 g/mol. The SMILES string of the molecule is Cc1ccccc1CSc1ccc([C@@H](C)O)cc1. The van der Waals surface area contributed by atoms with Gasteiger partial charge in [0.05, 0.1) is 6.10 Å². The van der Waals surface area contributed by atoms with Gasteiger partial charge in [-0.25, -0.2) is 0 Å². The van der Waals surface area contributed by atoms with Crippen LogP contribution in [0.1, 0.15) is 29.7 Å². The highest BCUT2D eigenvalue weighted by atomic mass is 32.2. The van der Waals surface area contributed by atoms with E-state index in [0.29, 0.717) is 0 Å². The molecular formula is C16H18OS. The van der Waals surface area contributed by atoms with Gasteiger partial charge in [-0.3, -0.25) is 0 Å². The lowest BCUT2D eigenvalue weighted by molar-refractivity contribution is 0.199. The van der Waals surface area contributed by atoms with Crippen LogP contribution in [0.3, 0.4) is 0 Å². The second-order valence-corrected chi connectivity index (χ2v) is 5.51. The van der Waals surface area contributed by atoms with Gasteiger partial charge in [-0.1, -0.05) is 36.4 Å². The van der Waals surface area contributed by atoms with Crippen LogP contribution in [0.5, 0.6) is 0 Å². The maximum absolute atomic E-state index is 9.45. The van der Waals surface area contributed by atoms with Crippen molar-refractivity contribution >= 4 is 11.8 Å². The molecule has 0 aliphatic heterocycles. The monoisotopic (exact) mass is 258 g/mol. The Hall–Kier alpha value is -1.25. The molecule has 0 amide bonds. The van der Waals surface area contributed by atoms with E-state index in [2.05, 4.69) is 43.3 Å². The highest BCUT2D eigenvalue weighted by Crippen LogP contribution is 2.25. The largest absolute Gasteiger partial charge is 0.389 e. The van der Waals surface area contributed by atoms with Gasteiger partial charge in [-0.15, -0.1) is 11.8 Å². The standard InChI is InChI=1S/C16H18OS/c1-12-5-3-4-6-15(12)11-18-16-9-7-14(8-10-16)13(2)17/h3-10,13,17H,11H2,1-2H3/t13-/m1/s1. The van der Waals surface area contributed by atoms with Crippen molar-refractivity contribution in [2.24, 2.45) is 0 Å². The second-order valence-electron chi connectivity index (χ2n) is 4.46. The summed E-state index contributed by atoms with van der Waals surface area (Å²) in [5, 5.41) is 9.45. The van der Waals surface area contributed by atoms with Gasteiger partial charge in [-0.05, 0) is 42.7 Å². The zero-order valence-corrected chi connectivity index (χ0v) is 11.6. The number of aliphatic hydroxyl groups excluding tert-OH is 1. The molecule has 0 radical (unpaired) electrons. The zero-order chi connectivity index (χ0) is 13.0. The minimum atomic E-state index is -0.389. The van der Waals surface area contributed by atoms with Crippen molar-refractivity contribution in [3.8, 4) is 0 Å². The molecule has 2 aromatic carbocycles. The Bertz CT molecular complexity index is 503. The summed E-state index contributed by atoms with van der Waals surface area (Å²) in [5.41, 5.74) is 3.68. The van der Waals surface area contributed by atoms with Crippen LogP contribution >= 0.6 is 11.8 Å². The van der Waals surface area contributed by atoms with E-state index < -0.39 is 0 Å². The van der Waals surface area contributed by atoms with Crippen molar-refractivity contribution in [2.45, 2.75) is 30.6 Å². The molecule has 94 valence electrons. The van der Waals surface area contributed by atoms with Crippen LogP contribution in [0.15, 0.2) is 53.4 Å². The number of rotatable bonds is 4. The van der Waals surface area contributed by atoms with Gasteiger partial charge in [0.25, 0.3) is 0 Å². The average Bonchev–Trinajstić information content (AvgIpc) is 2.38. The summed E-state index contributed by atoms with van der Waals surface area (Å²) in [6, 6.07) is 16.6. The first-order valence-electron chi connectivity index (χ1n) is 6.12. The van der Waals surface area contributed by atoms with E-state index in [1.165, 1.54) is 16.0 Å². The van der Waals surface area contributed by atoms with E-state index in [9.17, 15) is 5.11 Å². The van der Waals surface area contributed by atoms with E-state index in [-0.39, 0.29) is 6.10 Å². The maximum atomic E-state index is 9.45. The van der Waals surface area contributed by atoms with E-state index in [4.69, 9.17) is 0 Å². The molecule has 0 fully saturated rings. The van der Waals surface area contributed by atoms with Crippen molar-refractivity contribution in [1.29, 1.82) is 0 Å². The molecule has 1 atom stereocenters. The van der Waals surface area contributed by atoms with Crippen molar-refractivity contribution in [3.63, 3.8) is 0 Å². The van der Waals surface area contributed by atoms with Crippen molar-refractivity contribution < 1.29 is 5.11 Å². The van der Waals surface area contributed by atoms with Gasteiger partial charge >= 0.3 is 0 Å². The highest BCUT2D eigenvalue weighted by Gasteiger charge is 2.02. The summed E-state index contributed by atoms with van der Waals surface area (Å²) in [6.45, 7) is 3.93. The molecule has 0 aliphatic rings. The Morgan fingerprint density at radius 3 is 2.33 bits per heavy atom. The van der Waals surface area contributed by atoms with Gasteiger partial charge < -0.3 is 5.11 Å². The molecule has 0 aliphatic carbocycles. The van der Waals surface area contributed by atoms with E-state index in [0.717, 1.165) is 11.3 Å². The van der Waals surface area contributed by atoms with Crippen LogP contribution < -0.4 is 0 Å². The fraction of sp³-hybridized carbons (Fsp3) is 0.250. The predicted molar refractivity (Wildman–Crippen MR) is 77.8 cm³/mol. The molecule has 0 unspecified atom stereocenters. The highest BCUT2D eigenvalue weighted by molar-refractivity contribution is 7.98. The fourth-order valence-corrected chi connectivity index (χ4v) is 2.75. The van der Waals surface area contributed by atoms with Crippen LogP contribution in [0.4, 0.5) is 0 Å². The van der Waals surface area contributed by atoms with Crippen molar-refractivity contribution in [3.05, 3.63) is 65.2 Å². The van der Waals surface area contributed by atoms with Crippen LogP contribution in [-0.4, -0.2) is 5.11 Å². The van der Waals surface area contributed by atoms with E-state index in [1.54, 1.807) is 6.92 Å². The van der Waals surface area contributed by atoms with E-state index in [1.807, 2.05) is 23.9 Å². The first-order chi connectivity index (χ1) is 8.66. The lowest BCUT2D eigenvalue weighted by Gasteiger charge is -2.07. The third-order valence-electron chi connectivity index (χ3n) is 3.02. The van der Waals surface area contributed by atoms with Crippen LogP contribution in [0.2, 0.25) is 0 Å². The molecule has 2 heteroatoms. The Labute approximate surface area is 113 Å². The molecule has 0 saturated heterocycles. The Kier molecular flexibility index (Phi) is 4.45. The summed E-state index contributed by atoms with van der Waals surface area (Å²) < 4.78 is 0. The summed E-state index contributed by atoms with van der Waals surface area (Å²) >= 11 is 1.83. The summed E-state index contributed by atoms with van der Waals surface area (Å²) in [4.78, 5) is 1.24. The first kappa shape index (κ1) is 13.2. The Morgan fingerprint density at radius 1 is 1.06 bits per heavy atom. The zero-order valence-electron chi connectivity index (χ0n) is 10.8. The maximum Gasteiger partial charge on any atom is 0.0761 e. The second kappa shape index (κ2) is 6.07. The molecule has 1 N–H and O–H groups in total. The number of benzene rings is 2. The fourth-order valence-electron chi connectivity index (χ4n) is 1.78. The van der Waals surface area contributed by atoms with Crippen LogP contribution in [0, 0.1) is 6.92 Å². The number of aryl methyl sites for hydroxylation is 1. The normalized spacial score (nSPS) is 12.4. The third kappa shape index (κ3) is 3.37. The molecule has 0 heterocycles. The number of thioether (sulfide) groups is 1. The van der Waals surface area contributed by atoms with Crippen LogP contribution in [-0.2, 0) is 5.75 Å².